The molecule has 17 heavy (non-hydrogen) atoms. The Morgan fingerprint density at radius 3 is 1.94 bits per heavy atom. The van der Waals surface area contributed by atoms with Gasteiger partial charge in [0, 0.05) is 4.88 Å². The predicted octanol–water partition coefficient (Wildman–Crippen LogP) is 5.38. The van der Waals surface area contributed by atoms with Gasteiger partial charge >= 0.3 is 0 Å². The molecule has 0 radical (unpaired) electrons. The Kier molecular flexibility index (Phi) is 9.25. The van der Waals surface area contributed by atoms with Crippen LogP contribution in [0.2, 0.25) is 0 Å². The van der Waals surface area contributed by atoms with Gasteiger partial charge in [-0.05, 0) is 36.1 Å². The van der Waals surface area contributed by atoms with E-state index in [-0.39, 0.29) is 5.82 Å². The molecule has 0 saturated heterocycles. The molecule has 2 rings (SSSR count). The summed E-state index contributed by atoms with van der Waals surface area (Å²) in [6, 6.07) is 9.50. The zero-order valence-electron chi connectivity index (χ0n) is 10.4. The fraction of sp³-hybridized carbons (Fsp3) is 0.286. The van der Waals surface area contributed by atoms with E-state index in [0.717, 1.165) is 0 Å². The number of thiophene rings is 1. The number of benzene rings is 1. The third kappa shape index (κ3) is 7.64. The molecule has 94 valence electrons. The second kappa shape index (κ2) is 9.97. The van der Waals surface area contributed by atoms with E-state index in [1.54, 1.807) is 11.3 Å². The highest BCUT2D eigenvalue weighted by Gasteiger charge is 1.89. The smallest absolute Gasteiger partial charge is 0.123 e. The van der Waals surface area contributed by atoms with E-state index in [2.05, 4.69) is 24.4 Å². The van der Waals surface area contributed by atoms with Gasteiger partial charge in [-0.15, -0.1) is 11.3 Å². The lowest BCUT2D eigenvalue weighted by atomic mass is 10.2. The Labute approximate surface area is 106 Å². The Hall–Kier alpha value is -1.22. The van der Waals surface area contributed by atoms with Gasteiger partial charge in [-0.2, -0.15) is 0 Å². The van der Waals surface area contributed by atoms with E-state index in [1.807, 2.05) is 13.8 Å². The third-order valence-corrected chi connectivity index (χ3v) is 2.53. The van der Waals surface area contributed by atoms with Crippen LogP contribution < -0.4 is 0 Å². The van der Waals surface area contributed by atoms with Crippen LogP contribution in [0.25, 0.3) is 0 Å². The van der Waals surface area contributed by atoms with Crippen molar-refractivity contribution >= 4 is 11.3 Å². The van der Waals surface area contributed by atoms with Crippen LogP contribution in [0.3, 0.4) is 0 Å². The molecule has 1 aromatic heterocycles. The zero-order chi connectivity index (χ0) is 13.1. The summed E-state index contributed by atoms with van der Waals surface area (Å²) in [6.45, 7) is 5.57. The molecule has 0 N–H and O–H groups in total. The van der Waals surface area contributed by atoms with Crippen LogP contribution in [0.4, 0.5) is 8.78 Å². The maximum atomic E-state index is 12.1. The summed E-state index contributed by atoms with van der Waals surface area (Å²) in [5.74, 6) is -0.327. The minimum absolute atomic E-state index is 0.327. The van der Waals surface area contributed by atoms with E-state index in [4.69, 9.17) is 0 Å². The normalized spacial score (nSPS) is 8.53. The lowest BCUT2D eigenvalue weighted by Gasteiger charge is -1.90. The first-order valence-corrected chi connectivity index (χ1v) is 6.41. The summed E-state index contributed by atoms with van der Waals surface area (Å²) in [7, 11) is 0. The number of hydrogen-bond donors (Lipinski definition) is 0. The number of alkyl halides is 1. The quantitative estimate of drug-likeness (QED) is 0.642. The average molecular weight is 256 g/mol. The molecule has 0 aliphatic heterocycles. The summed E-state index contributed by atoms with van der Waals surface area (Å²) in [5.41, 5.74) is 0.511. The summed E-state index contributed by atoms with van der Waals surface area (Å²) in [6.07, 6.45) is 0. The number of halogens is 2. The molecule has 1 aromatic carbocycles. The summed E-state index contributed by atoms with van der Waals surface area (Å²) < 4.78 is 23.8. The highest BCUT2D eigenvalue weighted by molar-refractivity contribution is 7.09. The fourth-order valence-corrected chi connectivity index (χ4v) is 1.46. The molecule has 1 heterocycles. The zero-order valence-corrected chi connectivity index (χ0v) is 11.2. The van der Waals surface area contributed by atoms with Gasteiger partial charge in [0.25, 0.3) is 0 Å². The first-order valence-electron chi connectivity index (χ1n) is 5.53. The minimum Gasteiger partial charge on any atom is -0.246 e. The summed E-state index contributed by atoms with van der Waals surface area (Å²) in [4.78, 5) is 1.38. The first kappa shape index (κ1) is 15.8. The van der Waals surface area contributed by atoms with Crippen LogP contribution in [0.5, 0.6) is 0 Å². The lowest BCUT2D eigenvalue weighted by Crippen LogP contribution is -1.77. The Morgan fingerprint density at radius 1 is 1.06 bits per heavy atom. The molecular formula is C14H18F2S. The van der Waals surface area contributed by atoms with Gasteiger partial charge in [0.1, 0.15) is 12.5 Å². The highest BCUT2D eigenvalue weighted by atomic mass is 32.1. The topological polar surface area (TPSA) is 0 Å². The van der Waals surface area contributed by atoms with E-state index >= 15 is 0 Å². The van der Waals surface area contributed by atoms with Gasteiger partial charge in [0.2, 0.25) is 0 Å². The lowest BCUT2D eigenvalue weighted by molar-refractivity contribution is 0.484. The maximum absolute atomic E-state index is 12.1. The predicted molar refractivity (Wildman–Crippen MR) is 71.6 cm³/mol. The SMILES string of the molecule is CC.Cc1cccs1.FCc1ccc(F)cc1. The van der Waals surface area contributed by atoms with E-state index in [9.17, 15) is 8.78 Å². The molecule has 0 unspecified atom stereocenters. The van der Waals surface area contributed by atoms with Crippen molar-refractivity contribution in [2.75, 3.05) is 0 Å². The van der Waals surface area contributed by atoms with Gasteiger partial charge in [0.05, 0.1) is 0 Å². The van der Waals surface area contributed by atoms with Crippen LogP contribution in [0.15, 0.2) is 41.8 Å². The van der Waals surface area contributed by atoms with E-state index < -0.39 is 6.67 Å². The van der Waals surface area contributed by atoms with Crippen molar-refractivity contribution in [1.82, 2.24) is 0 Å². The van der Waals surface area contributed by atoms with E-state index in [0.29, 0.717) is 5.56 Å². The van der Waals surface area contributed by atoms with Gasteiger partial charge in [0.15, 0.2) is 0 Å². The van der Waals surface area contributed by atoms with Crippen LogP contribution in [-0.2, 0) is 6.67 Å². The molecule has 0 spiro atoms. The van der Waals surface area contributed by atoms with Crippen molar-refractivity contribution in [1.29, 1.82) is 0 Å². The molecule has 0 atom stereocenters. The van der Waals surface area contributed by atoms with Crippen molar-refractivity contribution in [3.63, 3.8) is 0 Å². The monoisotopic (exact) mass is 256 g/mol. The van der Waals surface area contributed by atoms with Gasteiger partial charge in [-0.25, -0.2) is 8.78 Å². The van der Waals surface area contributed by atoms with Crippen molar-refractivity contribution in [3.05, 3.63) is 58.0 Å². The molecule has 0 nitrogen and oxygen atoms in total. The second-order valence-electron chi connectivity index (χ2n) is 2.98. The number of aryl methyl sites for hydroxylation is 1. The second-order valence-corrected chi connectivity index (χ2v) is 4.14. The van der Waals surface area contributed by atoms with Gasteiger partial charge < -0.3 is 0 Å². The summed E-state index contributed by atoms with van der Waals surface area (Å²) >= 11 is 1.78. The summed E-state index contributed by atoms with van der Waals surface area (Å²) in [5, 5.41) is 2.08. The van der Waals surface area contributed by atoms with Crippen LogP contribution >= 0.6 is 11.3 Å². The maximum Gasteiger partial charge on any atom is 0.123 e. The molecule has 2 aromatic rings. The molecule has 0 amide bonds. The average Bonchev–Trinajstić information content (AvgIpc) is 2.85. The Morgan fingerprint density at radius 2 is 1.65 bits per heavy atom. The van der Waals surface area contributed by atoms with Crippen molar-refractivity contribution in [2.45, 2.75) is 27.4 Å². The Balaban J connectivity index is 0.000000278. The largest absolute Gasteiger partial charge is 0.246 e. The molecule has 0 bridgehead atoms. The van der Waals surface area contributed by atoms with Crippen molar-refractivity contribution < 1.29 is 8.78 Å². The minimum atomic E-state index is -0.527. The molecule has 0 aliphatic rings. The molecule has 0 aliphatic carbocycles. The molecule has 0 saturated carbocycles. The fourth-order valence-electron chi connectivity index (χ4n) is 0.934. The number of rotatable bonds is 1. The Bertz CT molecular complexity index is 366. The standard InChI is InChI=1S/C7H6F2.C5H6S.C2H6/c8-5-6-1-3-7(9)4-2-6;1-5-3-2-4-6-5;1-2/h1-4H,5H2;2-4H,1H3;1-2H3. The number of hydrogen-bond acceptors (Lipinski definition) is 1. The first-order chi connectivity index (χ1) is 8.22. The van der Waals surface area contributed by atoms with Crippen molar-refractivity contribution in [3.8, 4) is 0 Å². The van der Waals surface area contributed by atoms with Crippen LogP contribution in [0.1, 0.15) is 24.3 Å². The third-order valence-electron chi connectivity index (χ3n) is 1.73. The molecule has 3 heteroatoms. The van der Waals surface area contributed by atoms with E-state index in [1.165, 1.54) is 29.1 Å². The highest BCUT2D eigenvalue weighted by Crippen LogP contribution is 2.04. The molecule has 0 fully saturated rings. The van der Waals surface area contributed by atoms with Crippen LogP contribution in [0, 0.1) is 12.7 Å². The van der Waals surface area contributed by atoms with Gasteiger partial charge in [-0.3, -0.25) is 0 Å². The van der Waals surface area contributed by atoms with Crippen molar-refractivity contribution in [2.24, 2.45) is 0 Å². The van der Waals surface area contributed by atoms with Crippen LogP contribution in [-0.4, -0.2) is 0 Å². The molecular weight excluding hydrogens is 238 g/mol. The van der Waals surface area contributed by atoms with Gasteiger partial charge in [-0.1, -0.05) is 32.0 Å².